The minimum Gasteiger partial charge on any atom is -0.237 e. The number of aryl methyl sites for hydroxylation is 2. The van der Waals surface area contributed by atoms with Crippen LogP contribution in [0.15, 0.2) is 18.7 Å². The SMILES string of the molecule is CCCCn1cc[n+](CCCCSOOC)c1. The van der Waals surface area contributed by atoms with Crippen LogP contribution in [0.3, 0.4) is 0 Å². The lowest BCUT2D eigenvalue weighted by Crippen LogP contribution is -2.30. The third-order valence-corrected chi connectivity index (χ3v) is 3.21. The molecule has 0 aliphatic rings. The smallest absolute Gasteiger partial charge is 0.237 e. The first-order chi connectivity index (χ1) is 8.36. The summed E-state index contributed by atoms with van der Waals surface area (Å²) >= 11 is 1.37. The van der Waals surface area contributed by atoms with Gasteiger partial charge < -0.3 is 0 Å². The van der Waals surface area contributed by atoms with Crippen molar-refractivity contribution in [1.82, 2.24) is 4.57 Å². The predicted octanol–water partition coefficient (Wildman–Crippen LogP) is 2.58. The molecule has 0 aliphatic heterocycles. The highest BCUT2D eigenvalue weighted by Crippen LogP contribution is 2.05. The van der Waals surface area contributed by atoms with Gasteiger partial charge in [-0.25, -0.2) is 14.0 Å². The lowest BCUT2D eigenvalue weighted by atomic mass is 10.3. The molecule has 0 unspecified atom stereocenters. The average Bonchev–Trinajstić information content (AvgIpc) is 2.79. The van der Waals surface area contributed by atoms with E-state index in [1.54, 1.807) is 0 Å². The van der Waals surface area contributed by atoms with Crippen molar-refractivity contribution in [2.45, 2.75) is 45.7 Å². The van der Waals surface area contributed by atoms with Crippen LogP contribution >= 0.6 is 12.0 Å². The van der Waals surface area contributed by atoms with Crippen molar-refractivity contribution in [3.05, 3.63) is 18.7 Å². The summed E-state index contributed by atoms with van der Waals surface area (Å²) in [6.45, 7) is 4.42. The summed E-state index contributed by atoms with van der Waals surface area (Å²) in [6, 6.07) is 0. The van der Waals surface area contributed by atoms with Crippen LogP contribution < -0.4 is 4.57 Å². The molecule has 0 bridgehead atoms. The van der Waals surface area contributed by atoms with Crippen molar-refractivity contribution in [3.63, 3.8) is 0 Å². The van der Waals surface area contributed by atoms with Crippen molar-refractivity contribution in [2.75, 3.05) is 12.9 Å². The van der Waals surface area contributed by atoms with E-state index in [4.69, 9.17) is 4.33 Å². The number of imidazole rings is 1. The summed E-state index contributed by atoms with van der Waals surface area (Å²) in [7, 11) is 1.53. The Hall–Kier alpha value is -0.520. The van der Waals surface area contributed by atoms with Gasteiger partial charge in [-0.15, -0.1) is 0 Å². The molecule has 0 saturated carbocycles. The molecule has 0 saturated heterocycles. The van der Waals surface area contributed by atoms with Gasteiger partial charge in [-0.05, 0) is 19.3 Å². The molecule has 0 aromatic carbocycles. The number of aromatic nitrogens is 2. The van der Waals surface area contributed by atoms with Crippen LogP contribution in [0.25, 0.3) is 0 Å². The Bertz CT molecular complexity index is 292. The second-order valence-electron chi connectivity index (χ2n) is 4.01. The molecule has 1 aromatic rings. The van der Waals surface area contributed by atoms with E-state index in [-0.39, 0.29) is 0 Å². The van der Waals surface area contributed by atoms with Crippen molar-refractivity contribution in [1.29, 1.82) is 0 Å². The molecule has 0 aliphatic carbocycles. The maximum Gasteiger partial charge on any atom is 0.243 e. The Balaban J connectivity index is 2.08. The standard InChI is InChI=1S/C12H23N2O2S/c1-3-4-7-13-9-10-14(12-13)8-5-6-11-17-16-15-2/h9-10,12H,3-8,11H2,1-2H3/q+1. The lowest BCUT2D eigenvalue weighted by Gasteiger charge is -1.98. The summed E-state index contributed by atoms with van der Waals surface area (Å²) < 4.78 is 9.24. The first-order valence-electron chi connectivity index (χ1n) is 6.24. The van der Waals surface area contributed by atoms with Gasteiger partial charge in [-0.2, -0.15) is 4.33 Å². The number of unbranched alkanes of at least 4 members (excludes halogenated alkanes) is 2. The van der Waals surface area contributed by atoms with Crippen LogP contribution in [0.5, 0.6) is 0 Å². The Kier molecular flexibility index (Phi) is 8.13. The quantitative estimate of drug-likeness (QED) is 0.212. The fourth-order valence-corrected chi connectivity index (χ4v) is 2.07. The largest absolute Gasteiger partial charge is 0.243 e. The van der Waals surface area contributed by atoms with Gasteiger partial charge in [0.2, 0.25) is 6.33 Å². The van der Waals surface area contributed by atoms with E-state index in [1.807, 2.05) is 0 Å². The molecule has 98 valence electrons. The van der Waals surface area contributed by atoms with E-state index in [9.17, 15) is 0 Å². The van der Waals surface area contributed by atoms with Crippen LogP contribution in [0.2, 0.25) is 0 Å². The van der Waals surface area contributed by atoms with Crippen molar-refractivity contribution in [2.24, 2.45) is 0 Å². The fraction of sp³-hybridized carbons (Fsp3) is 0.750. The van der Waals surface area contributed by atoms with E-state index in [0.717, 1.165) is 25.3 Å². The molecular formula is C12H23N2O2S+. The van der Waals surface area contributed by atoms with Gasteiger partial charge in [0, 0.05) is 17.8 Å². The van der Waals surface area contributed by atoms with Crippen LogP contribution in [0, 0.1) is 0 Å². The zero-order valence-corrected chi connectivity index (χ0v) is 11.6. The molecule has 5 heteroatoms. The Morgan fingerprint density at radius 3 is 2.94 bits per heavy atom. The maximum atomic E-state index is 4.74. The molecule has 1 heterocycles. The fourth-order valence-electron chi connectivity index (χ4n) is 1.58. The van der Waals surface area contributed by atoms with Gasteiger partial charge in [0.15, 0.2) is 0 Å². The zero-order valence-electron chi connectivity index (χ0n) is 10.8. The number of nitrogens with zero attached hydrogens (tertiary/aromatic N) is 2. The van der Waals surface area contributed by atoms with Gasteiger partial charge >= 0.3 is 0 Å². The molecule has 0 spiro atoms. The highest BCUT2D eigenvalue weighted by atomic mass is 32.2. The summed E-state index contributed by atoms with van der Waals surface area (Å²) in [5, 5.41) is 0. The maximum absolute atomic E-state index is 4.74. The van der Waals surface area contributed by atoms with Gasteiger partial charge in [0.1, 0.15) is 12.4 Å². The molecule has 0 amide bonds. The number of hydrogen-bond donors (Lipinski definition) is 0. The minimum absolute atomic E-state index is 0.977. The van der Waals surface area contributed by atoms with Gasteiger partial charge in [0.25, 0.3) is 0 Å². The molecule has 0 radical (unpaired) electrons. The molecular weight excluding hydrogens is 236 g/mol. The normalized spacial score (nSPS) is 10.9. The minimum atomic E-state index is 0.977. The van der Waals surface area contributed by atoms with Gasteiger partial charge in [-0.1, -0.05) is 13.3 Å². The summed E-state index contributed by atoms with van der Waals surface area (Å²) in [4.78, 5) is 4.50. The molecule has 0 N–H and O–H groups in total. The van der Waals surface area contributed by atoms with E-state index in [0.29, 0.717) is 0 Å². The third-order valence-electron chi connectivity index (χ3n) is 2.53. The van der Waals surface area contributed by atoms with Crippen LogP contribution in [0.4, 0.5) is 0 Å². The Morgan fingerprint density at radius 1 is 1.29 bits per heavy atom. The lowest BCUT2D eigenvalue weighted by molar-refractivity contribution is -0.696. The predicted molar refractivity (Wildman–Crippen MR) is 69.3 cm³/mol. The second kappa shape index (κ2) is 9.50. The van der Waals surface area contributed by atoms with E-state index in [1.165, 1.54) is 38.4 Å². The van der Waals surface area contributed by atoms with E-state index >= 15 is 0 Å². The monoisotopic (exact) mass is 259 g/mol. The summed E-state index contributed by atoms with van der Waals surface area (Å²) in [5.41, 5.74) is 0. The molecule has 17 heavy (non-hydrogen) atoms. The number of rotatable bonds is 10. The van der Waals surface area contributed by atoms with Crippen LogP contribution in [-0.2, 0) is 22.3 Å². The highest BCUT2D eigenvalue weighted by Gasteiger charge is 2.02. The molecule has 1 rings (SSSR count). The van der Waals surface area contributed by atoms with Gasteiger partial charge in [-0.3, -0.25) is 0 Å². The van der Waals surface area contributed by atoms with Gasteiger partial charge in [0.05, 0.1) is 20.2 Å². The zero-order chi connectivity index (χ0) is 12.3. The summed E-state index contributed by atoms with van der Waals surface area (Å²) in [5.74, 6) is 0.977. The number of hydrogen-bond acceptors (Lipinski definition) is 3. The van der Waals surface area contributed by atoms with Crippen molar-refractivity contribution < 1.29 is 13.8 Å². The molecule has 0 atom stereocenters. The Labute approximate surface area is 108 Å². The van der Waals surface area contributed by atoms with Crippen molar-refractivity contribution in [3.8, 4) is 0 Å². The Morgan fingerprint density at radius 2 is 2.18 bits per heavy atom. The summed E-state index contributed by atoms with van der Waals surface area (Å²) in [6.07, 6.45) is 11.3. The van der Waals surface area contributed by atoms with Crippen molar-refractivity contribution >= 4 is 12.0 Å². The molecule has 1 aromatic heterocycles. The highest BCUT2D eigenvalue weighted by molar-refractivity contribution is 7.94. The topological polar surface area (TPSA) is 27.3 Å². The average molecular weight is 259 g/mol. The second-order valence-corrected chi connectivity index (χ2v) is 4.79. The third kappa shape index (κ3) is 6.71. The van der Waals surface area contributed by atoms with Crippen LogP contribution in [0.1, 0.15) is 32.6 Å². The first kappa shape index (κ1) is 14.5. The van der Waals surface area contributed by atoms with E-state index in [2.05, 4.69) is 39.7 Å². The van der Waals surface area contributed by atoms with Crippen LogP contribution in [-0.4, -0.2) is 17.4 Å². The first-order valence-corrected chi connectivity index (χ1v) is 7.15. The molecule has 4 nitrogen and oxygen atoms in total. The van der Waals surface area contributed by atoms with E-state index < -0.39 is 0 Å². The molecule has 0 fully saturated rings.